The monoisotopic (exact) mass is 1170 g/mol. The van der Waals surface area contributed by atoms with Gasteiger partial charge in [-0.25, -0.2) is 0 Å². The van der Waals surface area contributed by atoms with E-state index in [2.05, 4.69) is 110 Å². The summed E-state index contributed by atoms with van der Waals surface area (Å²) in [6.45, 7) is 7.98. The molecule has 0 atom stereocenters. The zero-order valence-electron chi connectivity index (χ0n) is 41.2. The summed E-state index contributed by atoms with van der Waals surface area (Å²) in [7, 11) is 0. The molecule has 0 aliphatic carbocycles. The molecule has 0 unspecified atom stereocenters. The predicted molar refractivity (Wildman–Crippen MR) is 286 cm³/mol. The standard InChI is InChI=1S/C23H18N2O.C23H16N2O.C13H4.2C2H4O2.2Pd/c2*1-17-11-13-25-23(14-17)19-7-5-9-21(16-19)26-20-8-4-6-18(15-20)22-10-2-3-12-24-22;1-3-5-7-9-11-13-12-10-8-6-4-2;2*1-2(3)4;;/h2-16H,1H3;2-14H,1H3;1H,2H3;2*1H3,(H,3,4);;/q;-2;;;;;+2. The molecule has 0 aliphatic rings. The zero-order valence-corrected chi connectivity index (χ0v) is 44.3. The van der Waals surface area contributed by atoms with Crippen molar-refractivity contribution in [2.75, 3.05) is 0 Å². The Morgan fingerprint density at radius 1 is 0.480 bits per heavy atom. The molecule has 8 aromatic rings. The molecule has 0 bridgehead atoms. The van der Waals surface area contributed by atoms with Gasteiger partial charge >= 0.3 is 20.4 Å². The van der Waals surface area contributed by atoms with Gasteiger partial charge in [0.05, 0.1) is 11.4 Å². The van der Waals surface area contributed by atoms with Crippen molar-refractivity contribution in [3.05, 3.63) is 194 Å². The Bertz CT molecular complexity index is 3300. The smallest absolute Gasteiger partial charge is 0.497 e. The number of rotatable bonds is 8. The second-order valence-corrected chi connectivity index (χ2v) is 14.5. The zero-order chi connectivity index (χ0) is 52.5. The maximum atomic E-state index is 9.00. The van der Waals surface area contributed by atoms with Gasteiger partial charge in [-0.2, -0.15) is 0 Å². The van der Waals surface area contributed by atoms with Crippen LogP contribution in [0.1, 0.15) is 31.9 Å². The van der Waals surface area contributed by atoms with Crippen LogP contribution in [0.3, 0.4) is 0 Å². The van der Waals surface area contributed by atoms with E-state index in [1.807, 2.05) is 153 Å². The fourth-order valence-electron chi connectivity index (χ4n) is 5.76. The maximum Gasteiger partial charge on any atom is 2.00 e. The summed E-state index contributed by atoms with van der Waals surface area (Å²) >= 11 is 0. The second kappa shape index (κ2) is 35.7. The van der Waals surface area contributed by atoms with Gasteiger partial charge in [0.15, 0.2) is 0 Å². The van der Waals surface area contributed by atoms with Crippen LogP contribution >= 0.6 is 0 Å². The molecule has 0 saturated carbocycles. The Morgan fingerprint density at radius 3 is 1.36 bits per heavy atom. The van der Waals surface area contributed by atoms with Gasteiger partial charge in [0.25, 0.3) is 11.9 Å². The molecule has 0 radical (unpaired) electrons. The van der Waals surface area contributed by atoms with E-state index in [4.69, 9.17) is 35.7 Å². The van der Waals surface area contributed by atoms with Gasteiger partial charge in [-0.15, -0.1) is 53.9 Å². The van der Waals surface area contributed by atoms with Crippen molar-refractivity contribution >= 4 is 11.9 Å². The average Bonchev–Trinajstić information content (AvgIpc) is 3.39. The van der Waals surface area contributed by atoms with Crippen molar-refractivity contribution in [1.82, 2.24) is 19.9 Å². The number of aryl methyl sites for hydroxylation is 2. The number of nitrogens with zero attached hydrogens (tertiary/aromatic N) is 4. The van der Waals surface area contributed by atoms with Gasteiger partial charge in [0.1, 0.15) is 11.5 Å². The Balaban J connectivity index is 0.000000370. The maximum absolute atomic E-state index is 9.00. The van der Waals surface area contributed by atoms with Crippen molar-refractivity contribution in [2.24, 2.45) is 0 Å². The van der Waals surface area contributed by atoms with Crippen LogP contribution in [0.5, 0.6) is 23.0 Å². The Hall–Kier alpha value is -9.30. The molecule has 0 saturated heterocycles. The summed E-state index contributed by atoms with van der Waals surface area (Å²) in [6.07, 6.45) is 12.0. The van der Waals surface area contributed by atoms with Crippen LogP contribution < -0.4 is 9.47 Å². The third-order valence-corrected chi connectivity index (χ3v) is 8.66. The molecule has 0 spiro atoms. The summed E-state index contributed by atoms with van der Waals surface area (Å²) in [5, 5.41) is 14.8. The van der Waals surface area contributed by atoms with Crippen LogP contribution in [-0.4, -0.2) is 42.1 Å². The van der Waals surface area contributed by atoms with Crippen LogP contribution in [0, 0.1) is 97.5 Å². The van der Waals surface area contributed by atoms with Gasteiger partial charge in [-0.05, 0) is 158 Å². The summed E-state index contributed by atoms with van der Waals surface area (Å²) in [6, 6.07) is 53.8. The van der Waals surface area contributed by atoms with E-state index in [1.54, 1.807) is 25.5 Å². The fraction of sp³-hybridized carbons (Fsp3) is 0.0794. The molecular formula is C63H46N4O6Pd2. The molecule has 374 valence electrons. The number of terminal acetylenes is 1. The number of benzene rings is 4. The van der Waals surface area contributed by atoms with E-state index in [9.17, 15) is 0 Å². The van der Waals surface area contributed by atoms with Crippen molar-refractivity contribution in [3.8, 4) is 140 Å². The van der Waals surface area contributed by atoms with E-state index in [-0.39, 0.29) is 40.8 Å². The minimum atomic E-state index is -0.833. The van der Waals surface area contributed by atoms with Crippen molar-refractivity contribution in [1.29, 1.82) is 0 Å². The summed E-state index contributed by atoms with van der Waals surface area (Å²) in [5.41, 5.74) is 9.79. The molecule has 4 heterocycles. The van der Waals surface area contributed by atoms with E-state index in [1.165, 1.54) is 5.56 Å². The first kappa shape index (κ1) is 61.8. The predicted octanol–water partition coefficient (Wildman–Crippen LogP) is 12.3. The number of hydrogen-bond acceptors (Lipinski definition) is 8. The van der Waals surface area contributed by atoms with Crippen LogP contribution in [-0.2, 0) is 50.4 Å². The third-order valence-electron chi connectivity index (χ3n) is 8.66. The molecule has 0 fully saturated rings. The Labute approximate surface area is 466 Å². The molecule has 0 aliphatic heterocycles. The van der Waals surface area contributed by atoms with Crippen molar-refractivity contribution in [3.63, 3.8) is 0 Å². The molecule has 75 heavy (non-hydrogen) atoms. The quantitative estimate of drug-likeness (QED) is 0.0857. The van der Waals surface area contributed by atoms with Gasteiger partial charge in [0.2, 0.25) is 0 Å². The van der Waals surface area contributed by atoms with E-state index < -0.39 is 11.9 Å². The minimum absolute atomic E-state index is 0. The second-order valence-electron chi connectivity index (χ2n) is 14.5. The fourth-order valence-corrected chi connectivity index (χ4v) is 5.76. The number of aromatic nitrogens is 4. The van der Waals surface area contributed by atoms with Crippen LogP contribution in [0.2, 0.25) is 0 Å². The molecule has 4 aromatic carbocycles. The number of carboxylic acid groups (broad SMARTS) is 2. The number of pyridine rings is 4. The van der Waals surface area contributed by atoms with Crippen LogP contribution in [0.4, 0.5) is 0 Å². The molecule has 10 nitrogen and oxygen atoms in total. The molecule has 8 rings (SSSR count). The molecular weight excluding hydrogens is 1120 g/mol. The number of hydrogen-bond donors (Lipinski definition) is 2. The van der Waals surface area contributed by atoms with Gasteiger partial charge in [-0.3, -0.25) is 19.6 Å². The van der Waals surface area contributed by atoms with Gasteiger partial charge in [-0.1, -0.05) is 72.1 Å². The SMILES string of the molecule is C#CC#CC#CC#CC#CC#CC.CC(=O)O.CC(=O)O.Cc1ccnc(-c2[c-]c(Oc3[c-]c(-c4ccccn4)ccc3)ccc2)c1.Cc1ccnc(-c2cccc(Oc3cccc(-c4ccccn4)c3)c2)c1.[Pd+2].[Pd]. The Morgan fingerprint density at radius 2 is 0.893 bits per heavy atom. The number of carbonyl (C=O) groups is 2. The first-order valence-corrected chi connectivity index (χ1v) is 22.0. The first-order valence-electron chi connectivity index (χ1n) is 22.0. The topological polar surface area (TPSA) is 145 Å². The molecule has 12 heteroatoms. The number of aliphatic carboxylic acids is 2. The first-order chi connectivity index (χ1) is 35.4. The number of ether oxygens (including phenoxy) is 2. The molecule has 4 aromatic heterocycles. The van der Waals surface area contributed by atoms with E-state index >= 15 is 0 Å². The summed E-state index contributed by atoms with van der Waals surface area (Å²) in [4.78, 5) is 35.6. The molecule has 2 N–H and O–H groups in total. The van der Waals surface area contributed by atoms with Crippen LogP contribution in [0.15, 0.2) is 170 Å². The van der Waals surface area contributed by atoms with Crippen molar-refractivity contribution in [2.45, 2.75) is 34.6 Å². The van der Waals surface area contributed by atoms with E-state index in [0.29, 0.717) is 11.5 Å². The normalized spacial score (nSPS) is 8.59. The van der Waals surface area contributed by atoms with E-state index in [0.717, 1.165) is 75.9 Å². The average molecular weight is 1170 g/mol. The largest absolute Gasteiger partial charge is 2.00 e. The van der Waals surface area contributed by atoms with Crippen molar-refractivity contribution < 1.29 is 70.1 Å². The molecule has 0 amide bonds. The minimum Gasteiger partial charge on any atom is -0.497 e. The Kier molecular flexibility index (Phi) is 29.5. The summed E-state index contributed by atoms with van der Waals surface area (Å²) in [5.74, 6) is 28.1. The third kappa shape index (κ3) is 25.1. The number of carboxylic acids is 2. The van der Waals surface area contributed by atoms with Crippen LogP contribution in [0.25, 0.3) is 45.0 Å². The van der Waals surface area contributed by atoms with Gasteiger partial charge in [0, 0.05) is 81.7 Å². The summed E-state index contributed by atoms with van der Waals surface area (Å²) < 4.78 is 12.0. The van der Waals surface area contributed by atoms with Gasteiger partial charge < -0.3 is 29.7 Å².